The molecule has 3 aromatic rings. The van der Waals surface area contributed by atoms with Gasteiger partial charge in [0.1, 0.15) is 22.5 Å². The topological polar surface area (TPSA) is 50.9 Å². The predicted octanol–water partition coefficient (Wildman–Crippen LogP) is 6.32. The maximum Gasteiger partial charge on any atom is 0.416 e. The average Bonchev–Trinajstić information content (AvgIpc) is 2.97. The van der Waals surface area contributed by atoms with Crippen molar-refractivity contribution in [2.45, 2.75) is 60.6 Å². The molecule has 0 radical (unpaired) electrons. The molecular weight excluding hydrogens is 391 g/mol. The lowest BCUT2D eigenvalue weighted by molar-refractivity contribution is -0.137. The van der Waals surface area contributed by atoms with Gasteiger partial charge in [-0.1, -0.05) is 47.6 Å². The fourth-order valence-corrected chi connectivity index (χ4v) is 3.51. The molecule has 0 saturated carbocycles. The first kappa shape index (κ1) is 22.1. The molecule has 0 bridgehead atoms. The van der Waals surface area contributed by atoms with E-state index in [1.807, 2.05) is 12.1 Å². The molecule has 0 aliphatic heterocycles. The van der Waals surface area contributed by atoms with Crippen LogP contribution >= 0.6 is 0 Å². The van der Waals surface area contributed by atoms with E-state index in [4.69, 9.17) is 0 Å². The van der Waals surface area contributed by atoms with Gasteiger partial charge in [-0.05, 0) is 59.1 Å². The fraction of sp³-hybridized carbons (Fsp3) is 0.478. The minimum absolute atomic E-state index is 0.0249. The van der Waals surface area contributed by atoms with Crippen molar-refractivity contribution < 1.29 is 18.3 Å². The van der Waals surface area contributed by atoms with E-state index in [0.717, 1.165) is 29.7 Å². The molecule has 2 aromatic carbocycles. The van der Waals surface area contributed by atoms with Crippen molar-refractivity contribution in [2.75, 3.05) is 0 Å². The minimum atomic E-state index is -4.45. The largest absolute Gasteiger partial charge is 0.505 e. The molecule has 1 aromatic heterocycles. The van der Waals surface area contributed by atoms with Crippen molar-refractivity contribution >= 4 is 11.0 Å². The lowest BCUT2D eigenvalue weighted by atomic mass is 9.84. The first-order valence-corrected chi connectivity index (χ1v) is 9.92. The van der Waals surface area contributed by atoms with Crippen molar-refractivity contribution in [3.63, 3.8) is 0 Å². The third-order valence-electron chi connectivity index (χ3n) is 4.61. The zero-order chi connectivity index (χ0) is 22.5. The van der Waals surface area contributed by atoms with Gasteiger partial charge < -0.3 is 5.11 Å². The van der Waals surface area contributed by atoms with Crippen LogP contribution < -0.4 is 0 Å². The van der Waals surface area contributed by atoms with Gasteiger partial charge in [0, 0.05) is 0 Å². The van der Waals surface area contributed by atoms with Crippen LogP contribution in [-0.2, 0) is 19.0 Å². The molecule has 0 amide bonds. The Balaban J connectivity index is 2.15. The van der Waals surface area contributed by atoms with E-state index >= 15 is 0 Å². The lowest BCUT2D eigenvalue weighted by Crippen LogP contribution is -2.13. The van der Waals surface area contributed by atoms with Crippen molar-refractivity contribution in [1.29, 1.82) is 0 Å². The molecule has 0 aliphatic rings. The molecule has 0 fully saturated rings. The number of halogens is 3. The van der Waals surface area contributed by atoms with Gasteiger partial charge in [-0.3, -0.25) is 0 Å². The number of hydrogen-bond donors (Lipinski definition) is 1. The summed E-state index contributed by atoms with van der Waals surface area (Å²) in [6.45, 7) is 12.6. The monoisotopic (exact) mass is 419 g/mol. The molecule has 3 rings (SSSR count). The van der Waals surface area contributed by atoms with Gasteiger partial charge in [-0.25, -0.2) is 0 Å². The summed E-state index contributed by atoms with van der Waals surface area (Å²) in [5, 5.41) is 19.5. The van der Waals surface area contributed by atoms with Crippen LogP contribution in [0.25, 0.3) is 16.7 Å². The number of phenols is 1. The second-order valence-electron chi connectivity index (χ2n) is 10.3. The summed E-state index contributed by atoms with van der Waals surface area (Å²) in [7, 11) is 0. The van der Waals surface area contributed by atoms with Crippen LogP contribution in [0.2, 0.25) is 0 Å². The van der Waals surface area contributed by atoms with Crippen LogP contribution in [0.15, 0.2) is 30.3 Å². The van der Waals surface area contributed by atoms with Gasteiger partial charge in [-0.2, -0.15) is 13.2 Å². The van der Waals surface area contributed by atoms with E-state index in [1.54, 1.807) is 0 Å². The second-order valence-corrected chi connectivity index (χ2v) is 10.3. The van der Waals surface area contributed by atoms with Crippen molar-refractivity contribution in [3.05, 3.63) is 47.0 Å². The molecule has 0 saturated heterocycles. The van der Waals surface area contributed by atoms with Gasteiger partial charge in [0.15, 0.2) is 0 Å². The summed E-state index contributed by atoms with van der Waals surface area (Å²) < 4.78 is 39.1. The predicted molar refractivity (Wildman–Crippen MR) is 112 cm³/mol. The molecule has 1 N–H and O–H groups in total. The summed E-state index contributed by atoms with van der Waals surface area (Å²) in [5.41, 5.74) is 1.82. The Hall–Kier alpha value is -2.57. The normalized spacial score (nSPS) is 13.2. The van der Waals surface area contributed by atoms with Crippen molar-refractivity contribution in [1.82, 2.24) is 15.0 Å². The molecule has 0 aliphatic carbocycles. The standard InChI is InChI=1S/C23H28F3N3O/c1-21(2,3)12-14-9-15(13-22(4,5)6)20(30)19(10-14)29-27-17-8-7-16(23(24,25)26)11-18(17)28-29/h7-11,30H,12-13H2,1-6H3. The highest BCUT2D eigenvalue weighted by Crippen LogP contribution is 2.35. The number of nitrogens with zero attached hydrogens (tertiary/aromatic N) is 3. The van der Waals surface area contributed by atoms with Gasteiger partial charge in [0.2, 0.25) is 0 Å². The van der Waals surface area contributed by atoms with E-state index < -0.39 is 11.7 Å². The Morgan fingerprint density at radius 2 is 1.43 bits per heavy atom. The SMILES string of the molecule is CC(C)(C)Cc1cc(CC(C)(C)C)c(O)c(-n2nc3ccc(C(F)(F)F)cc3n2)c1. The van der Waals surface area contributed by atoms with Gasteiger partial charge in [-0.15, -0.1) is 15.0 Å². The first-order valence-electron chi connectivity index (χ1n) is 9.92. The summed E-state index contributed by atoms with van der Waals surface area (Å²) in [5.74, 6) is 0.0546. The van der Waals surface area contributed by atoms with E-state index in [2.05, 4.69) is 51.7 Å². The van der Waals surface area contributed by atoms with E-state index in [-0.39, 0.29) is 22.1 Å². The molecule has 7 heteroatoms. The van der Waals surface area contributed by atoms with Crippen LogP contribution in [0.1, 0.15) is 58.2 Å². The maximum absolute atomic E-state index is 13.0. The summed E-state index contributed by atoms with van der Waals surface area (Å²) in [6.07, 6.45) is -3.04. The van der Waals surface area contributed by atoms with E-state index in [0.29, 0.717) is 17.6 Å². The number of alkyl halides is 3. The highest BCUT2D eigenvalue weighted by Gasteiger charge is 2.31. The number of hydrogen-bond acceptors (Lipinski definition) is 3. The maximum atomic E-state index is 13.0. The molecular formula is C23H28F3N3O. The van der Waals surface area contributed by atoms with Crippen molar-refractivity contribution in [2.24, 2.45) is 10.8 Å². The van der Waals surface area contributed by atoms with Crippen molar-refractivity contribution in [3.8, 4) is 11.4 Å². The number of aromatic hydroxyl groups is 1. The third kappa shape index (κ3) is 5.12. The Morgan fingerprint density at radius 3 is 2.00 bits per heavy atom. The number of aromatic nitrogens is 3. The average molecular weight is 419 g/mol. The van der Waals surface area contributed by atoms with Gasteiger partial charge >= 0.3 is 6.18 Å². The molecule has 1 heterocycles. The van der Waals surface area contributed by atoms with E-state index in [1.165, 1.54) is 10.9 Å². The molecule has 0 spiro atoms. The van der Waals surface area contributed by atoms with E-state index in [9.17, 15) is 18.3 Å². The minimum Gasteiger partial charge on any atom is -0.505 e. The highest BCUT2D eigenvalue weighted by molar-refractivity contribution is 5.75. The molecule has 4 nitrogen and oxygen atoms in total. The fourth-order valence-electron chi connectivity index (χ4n) is 3.51. The summed E-state index contributed by atoms with van der Waals surface area (Å²) in [4.78, 5) is 1.23. The van der Waals surface area contributed by atoms with Crippen LogP contribution in [-0.4, -0.2) is 20.1 Å². The number of rotatable bonds is 3. The lowest BCUT2D eigenvalue weighted by Gasteiger charge is -2.23. The van der Waals surface area contributed by atoms with Gasteiger partial charge in [0.05, 0.1) is 5.56 Å². The first-order chi connectivity index (χ1) is 13.6. The number of fused-ring (bicyclic) bond motifs is 1. The smallest absolute Gasteiger partial charge is 0.416 e. The second kappa shape index (κ2) is 7.29. The molecule has 0 atom stereocenters. The molecule has 162 valence electrons. The summed E-state index contributed by atoms with van der Waals surface area (Å²) in [6, 6.07) is 7.08. The number of benzene rings is 2. The highest BCUT2D eigenvalue weighted by atomic mass is 19.4. The quantitative estimate of drug-likeness (QED) is 0.540. The summed E-state index contributed by atoms with van der Waals surface area (Å²) >= 11 is 0. The Labute approximate surface area is 174 Å². The van der Waals surface area contributed by atoms with Crippen LogP contribution in [0.3, 0.4) is 0 Å². The van der Waals surface area contributed by atoms with Crippen LogP contribution in [0.4, 0.5) is 13.2 Å². The Kier molecular flexibility index (Phi) is 5.37. The van der Waals surface area contributed by atoms with Crippen LogP contribution in [0, 0.1) is 10.8 Å². The molecule has 0 unspecified atom stereocenters. The Morgan fingerprint density at radius 1 is 0.833 bits per heavy atom. The Bertz CT molecular complexity index is 1070. The van der Waals surface area contributed by atoms with Crippen LogP contribution in [0.5, 0.6) is 5.75 Å². The third-order valence-corrected chi connectivity index (χ3v) is 4.61. The zero-order valence-electron chi connectivity index (χ0n) is 18.2. The molecule has 30 heavy (non-hydrogen) atoms. The zero-order valence-corrected chi connectivity index (χ0v) is 18.2. The van der Waals surface area contributed by atoms with Gasteiger partial charge in [0.25, 0.3) is 0 Å². The number of phenolic OH excluding ortho intramolecular Hbond substituents is 1.